The van der Waals surface area contributed by atoms with Crippen molar-refractivity contribution < 1.29 is 41.8 Å². The average Bonchev–Trinajstić information content (AvgIpc) is 3.61. The Morgan fingerprint density at radius 2 is 1.67 bits per heavy atom. The summed E-state index contributed by atoms with van der Waals surface area (Å²) in [6, 6.07) is 13.8. The molecule has 1 heterocycles. The van der Waals surface area contributed by atoms with Crippen molar-refractivity contribution in [2.75, 3.05) is 6.61 Å². The molecule has 200 valence electrons. The van der Waals surface area contributed by atoms with Gasteiger partial charge >= 0.3 is 12.1 Å². The zero-order valence-electron chi connectivity index (χ0n) is 19.8. The second-order valence-corrected chi connectivity index (χ2v) is 10.1. The molecule has 0 amide bonds. The van der Waals surface area contributed by atoms with E-state index in [9.17, 15) is 37.3 Å². The van der Waals surface area contributed by atoms with Crippen LogP contribution in [0.3, 0.4) is 0 Å². The highest BCUT2D eigenvalue weighted by Crippen LogP contribution is 2.48. The van der Waals surface area contributed by atoms with Crippen molar-refractivity contribution >= 4 is 33.2 Å². The Kier molecular flexibility index (Phi) is 6.59. The summed E-state index contributed by atoms with van der Waals surface area (Å²) < 4.78 is 58.6. The van der Waals surface area contributed by atoms with Crippen LogP contribution in [0.2, 0.25) is 0 Å². The van der Waals surface area contributed by atoms with Crippen LogP contribution in [-0.4, -0.2) is 23.4 Å². The van der Waals surface area contributed by atoms with E-state index < -0.39 is 46.4 Å². The zero-order valence-corrected chi connectivity index (χ0v) is 20.6. The van der Waals surface area contributed by atoms with Crippen molar-refractivity contribution in [2.24, 2.45) is 5.41 Å². The first-order chi connectivity index (χ1) is 18.5. The van der Waals surface area contributed by atoms with E-state index >= 15 is 0 Å². The molecule has 0 atom stereocenters. The Morgan fingerprint density at radius 3 is 2.26 bits per heavy atom. The van der Waals surface area contributed by atoms with Crippen LogP contribution in [0.5, 0.6) is 5.75 Å². The minimum Gasteiger partial charge on any atom is -0.426 e. The number of halogens is 4. The number of alkyl halides is 3. The Hall–Kier alpha value is -4.32. The highest BCUT2D eigenvalue weighted by Gasteiger charge is 2.52. The van der Waals surface area contributed by atoms with Crippen LogP contribution in [0, 0.1) is 21.3 Å². The van der Waals surface area contributed by atoms with Gasteiger partial charge in [0, 0.05) is 26.1 Å². The van der Waals surface area contributed by atoms with Gasteiger partial charge in [-0.15, -0.1) is 21.5 Å². The molecular weight excluding hydrogens is 542 g/mol. The van der Waals surface area contributed by atoms with Gasteiger partial charge < -0.3 is 9.57 Å². The number of fused-ring (bicyclic) bond motifs is 1. The monoisotopic (exact) mass is 559 g/mol. The van der Waals surface area contributed by atoms with Crippen LogP contribution in [-0.2, 0) is 15.8 Å². The summed E-state index contributed by atoms with van der Waals surface area (Å²) >= 11 is 1.16. The molecule has 1 fully saturated rings. The first-order valence-corrected chi connectivity index (χ1v) is 12.3. The number of hydrogen-bond donors (Lipinski definition) is 0. The van der Waals surface area contributed by atoms with Crippen LogP contribution < -0.4 is 4.74 Å². The molecule has 5 rings (SSSR count). The molecule has 0 bridgehead atoms. The number of benzene rings is 3. The molecule has 1 aliphatic rings. The van der Waals surface area contributed by atoms with Crippen molar-refractivity contribution in [2.45, 2.75) is 19.0 Å². The third kappa shape index (κ3) is 5.32. The molecule has 7 nitrogen and oxygen atoms in total. The number of carbonyl (C=O) groups excluding carboxylic acids is 2. The summed E-state index contributed by atoms with van der Waals surface area (Å²) in [5.74, 6) is -1.56. The van der Waals surface area contributed by atoms with Crippen LogP contribution in [0.15, 0.2) is 66.7 Å². The fraction of sp³-hybridized carbons (Fsp3) is 0.185. The molecule has 0 unspecified atom stereocenters. The van der Waals surface area contributed by atoms with Crippen molar-refractivity contribution in [3.63, 3.8) is 0 Å². The summed E-state index contributed by atoms with van der Waals surface area (Å²) in [7, 11) is 0. The number of thiophene rings is 1. The number of nitrogens with zero attached hydrogens (tertiary/aromatic N) is 1. The lowest BCUT2D eigenvalue weighted by Crippen LogP contribution is -2.27. The van der Waals surface area contributed by atoms with Gasteiger partial charge in [0.2, 0.25) is 0 Å². The number of ketones is 1. The Bertz CT molecular complexity index is 1590. The van der Waals surface area contributed by atoms with Gasteiger partial charge in [-0.25, -0.2) is 4.39 Å². The van der Waals surface area contributed by atoms with Gasteiger partial charge in [0.15, 0.2) is 5.78 Å². The van der Waals surface area contributed by atoms with Crippen LogP contribution >= 0.6 is 11.3 Å². The SMILES string of the molecule is O=C(c1ccc(C(F)(F)F)cc1)c1c(-c2ccc(F)cc2)sc2cc(OC(=O)C3(CO[N+](=O)[O-])CC3)ccc12. The van der Waals surface area contributed by atoms with Crippen LogP contribution in [0.1, 0.15) is 34.3 Å². The number of rotatable bonds is 8. The highest BCUT2D eigenvalue weighted by molar-refractivity contribution is 7.22. The molecule has 0 saturated heterocycles. The summed E-state index contributed by atoms with van der Waals surface area (Å²) in [5.41, 5.74) is -1.24. The van der Waals surface area contributed by atoms with Gasteiger partial charge in [-0.2, -0.15) is 13.2 Å². The molecule has 0 aliphatic heterocycles. The van der Waals surface area contributed by atoms with Gasteiger partial charge in [0.25, 0.3) is 5.09 Å². The molecule has 4 aromatic rings. The Labute approximate surface area is 221 Å². The third-order valence-electron chi connectivity index (χ3n) is 6.41. The van der Waals surface area contributed by atoms with Gasteiger partial charge in [-0.05, 0) is 60.9 Å². The van der Waals surface area contributed by atoms with E-state index in [2.05, 4.69) is 4.84 Å². The minimum absolute atomic E-state index is 0.0306. The molecule has 0 radical (unpaired) electrons. The van der Waals surface area contributed by atoms with E-state index in [4.69, 9.17) is 4.74 Å². The van der Waals surface area contributed by atoms with E-state index in [1.54, 1.807) is 6.07 Å². The van der Waals surface area contributed by atoms with E-state index in [1.165, 1.54) is 36.4 Å². The molecule has 3 aromatic carbocycles. The molecule has 0 N–H and O–H groups in total. The van der Waals surface area contributed by atoms with Gasteiger partial charge in [-0.1, -0.05) is 24.3 Å². The summed E-state index contributed by atoms with van der Waals surface area (Å²) in [4.78, 5) is 41.6. The maximum atomic E-state index is 13.6. The summed E-state index contributed by atoms with van der Waals surface area (Å²) in [6.07, 6.45) is -3.80. The maximum Gasteiger partial charge on any atom is 0.416 e. The second-order valence-electron chi connectivity index (χ2n) is 9.04. The van der Waals surface area contributed by atoms with Crippen molar-refractivity contribution in [1.82, 2.24) is 0 Å². The van der Waals surface area contributed by atoms with Crippen LogP contribution in [0.25, 0.3) is 20.5 Å². The number of hydrogen-bond acceptors (Lipinski definition) is 7. The fourth-order valence-electron chi connectivity index (χ4n) is 4.08. The lowest BCUT2D eigenvalue weighted by Gasteiger charge is -2.13. The van der Waals surface area contributed by atoms with Crippen molar-refractivity contribution in [3.8, 4) is 16.2 Å². The molecular formula is C27H17F4NO6S. The van der Waals surface area contributed by atoms with Crippen LogP contribution in [0.4, 0.5) is 17.6 Å². The molecule has 12 heteroatoms. The van der Waals surface area contributed by atoms with E-state index in [1.807, 2.05) is 0 Å². The van der Waals surface area contributed by atoms with Gasteiger partial charge in [0.1, 0.15) is 18.2 Å². The minimum atomic E-state index is -4.56. The Balaban J connectivity index is 1.52. The topological polar surface area (TPSA) is 95.7 Å². The third-order valence-corrected chi connectivity index (χ3v) is 7.61. The summed E-state index contributed by atoms with van der Waals surface area (Å²) in [6.45, 7) is -0.416. The highest BCUT2D eigenvalue weighted by atomic mass is 32.1. The van der Waals surface area contributed by atoms with Gasteiger partial charge in [-0.3, -0.25) is 9.59 Å². The van der Waals surface area contributed by atoms with E-state index in [0.717, 1.165) is 35.6 Å². The molecule has 39 heavy (non-hydrogen) atoms. The molecule has 1 aliphatic carbocycles. The normalized spacial score (nSPS) is 14.2. The van der Waals surface area contributed by atoms with E-state index in [0.29, 0.717) is 33.4 Å². The molecule has 1 saturated carbocycles. The quantitative estimate of drug-likeness (QED) is 0.0585. The zero-order chi connectivity index (χ0) is 27.9. The first kappa shape index (κ1) is 26.3. The standard InChI is InChI=1S/C27H17F4NO6S/c28-18-7-3-16(4-8-18)24-22(23(33)15-1-5-17(6-2-15)27(29,30)31)20-10-9-19(13-21(20)39-24)38-25(34)26(11-12-26)14-37-32(35)36/h1-10,13H,11-12,14H2. The maximum absolute atomic E-state index is 13.6. The van der Waals surface area contributed by atoms with Gasteiger partial charge in [0.05, 0.1) is 11.0 Å². The Morgan fingerprint density at radius 1 is 1.00 bits per heavy atom. The number of carbonyl (C=O) groups is 2. The van der Waals surface area contributed by atoms with E-state index in [-0.39, 0.29) is 16.9 Å². The van der Waals surface area contributed by atoms with Crippen molar-refractivity contribution in [1.29, 1.82) is 0 Å². The first-order valence-electron chi connectivity index (χ1n) is 11.5. The second kappa shape index (κ2) is 9.77. The molecule has 1 aromatic heterocycles. The smallest absolute Gasteiger partial charge is 0.416 e. The van der Waals surface area contributed by atoms with Crippen molar-refractivity contribution in [3.05, 3.63) is 99.4 Å². The molecule has 0 spiro atoms. The summed E-state index contributed by atoms with van der Waals surface area (Å²) in [5, 5.41) is 10.0. The number of esters is 1. The largest absolute Gasteiger partial charge is 0.426 e. The lowest BCUT2D eigenvalue weighted by molar-refractivity contribution is -0.759. The number of ether oxygens (including phenoxy) is 1. The fourth-order valence-corrected chi connectivity index (χ4v) is 5.31. The lowest BCUT2D eigenvalue weighted by atomic mass is 9.97. The predicted octanol–water partition coefficient (Wildman–Crippen LogP) is 6.85. The average molecular weight is 559 g/mol. The predicted molar refractivity (Wildman–Crippen MR) is 132 cm³/mol.